The van der Waals surface area contributed by atoms with Gasteiger partial charge in [0.15, 0.2) is 6.04 Å². The molecule has 0 spiro atoms. The molecule has 27 heavy (non-hydrogen) atoms. The van der Waals surface area contributed by atoms with Gasteiger partial charge in [0.2, 0.25) is 5.95 Å². The third kappa shape index (κ3) is 4.78. The molecule has 3 aromatic rings. The molecule has 3 rings (SSSR count). The van der Waals surface area contributed by atoms with E-state index in [1.165, 1.54) is 24.4 Å². The number of pyridine rings is 1. The molecule has 0 aliphatic rings. The van der Waals surface area contributed by atoms with Crippen LogP contribution >= 0.6 is 0 Å². The Morgan fingerprint density at radius 1 is 0.926 bits per heavy atom. The monoisotopic (exact) mass is 373 g/mol. The molecule has 2 N–H and O–H groups in total. The van der Waals surface area contributed by atoms with Gasteiger partial charge >= 0.3 is 6.18 Å². The van der Waals surface area contributed by atoms with Gasteiger partial charge in [0.05, 0.1) is 11.3 Å². The number of nitrogens with one attached hydrogen (secondary N) is 2. The van der Waals surface area contributed by atoms with Crippen molar-refractivity contribution in [3.05, 3.63) is 78.4 Å². The average Bonchev–Trinajstić information content (AvgIpc) is 2.67. The topological polar surface area (TPSA) is 79.8 Å². The summed E-state index contributed by atoms with van der Waals surface area (Å²) in [6.45, 7) is 0. The van der Waals surface area contributed by atoms with E-state index in [-0.39, 0.29) is 17.2 Å². The highest BCUT2D eigenvalue weighted by molar-refractivity contribution is 5.94. The number of para-hydroxylation sites is 1. The number of carbonyl (C=O) groups excluding carboxylic acids is 1. The van der Waals surface area contributed by atoms with Crippen LogP contribution in [0.15, 0.2) is 67.1 Å². The van der Waals surface area contributed by atoms with E-state index in [1.54, 1.807) is 12.1 Å². The Labute approximate surface area is 152 Å². The lowest BCUT2D eigenvalue weighted by Crippen LogP contribution is -2.38. The highest BCUT2D eigenvalue weighted by Gasteiger charge is 2.43. The Kier molecular flexibility index (Phi) is 5.30. The van der Waals surface area contributed by atoms with E-state index in [1.807, 2.05) is 23.5 Å². The highest BCUT2D eigenvalue weighted by Crippen LogP contribution is 2.31. The lowest BCUT2D eigenvalue weighted by atomic mass is 10.1. The molecule has 138 valence electrons. The molecule has 2 aromatic heterocycles. The van der Waals surface area contributed by atoms with E-state index in [0.29, 0.717) is 0 Å². The summed E-state index contributed by atoms with van der Waals surface area (Å²) in [6.07, 6.45) is -1.16. The van der Waals surface area contributed by atoms with Gasteiger partial charge in [0.1, 0.15) is 0 Å². The molecule has 0 saturated heterocycles. The van der Waals surface area contributed by atoms with Gasteiger partial charge in [-0.3, -0.25) is 9.78 Å². The highest BCUT2D eigenvalue weighted by atomic mass is 19.4. The summed E-state index contributed by atoms with van der Waals surface area (Å²) in [5.41, 5.74) is 0.336. The van der Waals surface area contributed by atoms with E-state index in [0.717, 1.165) is 18.1 Å². The molecule has 1 amide bonds. The zero-order valence-corrected chi connectivity index (χ0v) is 13.8. The number of rotatable bonds is 5. The van der Waals surface area contributed by atoms with E-state index < -0.39 is 18.1 Å². The fraction of sp³-hybridized carbons (Fsp3) is 0.111. The van der Waals surface area contributed by atoms with Crippen molar-refractivity contribution in [1.82, 2.24) is 20.3 Å². The van der Waals surface area contributed by atoms with Gasteiger partial charge in [-0.1, -0.05) is 24.3 Å². The van der Waals surface area contributed by atoms with Gasteiger partial charge in [0, 0.05) is 24.3 Å². The van der Waals surface area contributed by atoms with Gasteiger partial charge in [-0.05, 0) is 24.3 Å². The smallest absolute Gasteiger partial charge is 0.335 e. The van der Waals surface area contributed by atoms with Gasteiger partial charge in [-0.2, -0.15) is 13.2 Å². The first-order valence-electron chi connectivity index (χ1n) is 7.86. The maximum Gasteiger partial charge on any atom is 0.414 e. The number of aromatic nitrogens is 3. The Bertz CT molecular complexity index is 886. The van der Waals surface area contributed by atoms with Crippen LogP contribution in [0.3, 0.4) is 0 Å². The second-order valence-electron chi connectivity index (χ2n) is 5.49. The summed E-state index contributed by atoms with van der Waals surface area (Å²) in [6, 6.07) is 11.0. The predicted molar refractivity (Wildman–Crippen MR) is 92.3 cm³/mol. The van der Waals surface area contributed by atoms with Gasteiger partial charge in [0.25, 0.3) is 5.91 Å². The fourth-order valence-electron chi connectivity index (χ4n) is 2.25. The normalized spacial score (nSPS) is 12.3. The van der Waals surface area contributed by atoms with Crippen LogP contribution in [0.25, 0.3) is 0 Å². The van der Waals surface area contributed by atoms with E-state index in [4.69, 9.17) is 0 Å². The number of alkyl halides is 3. The van der Waals surface area contributed by atoms with Crippen molar-refractivity contribution >= 4 is 17.5 Å². The second kappa shape index (κ2) is 7.81. The van der Waals surface area contributed by atoms with Crippen molar-refractivity contribution < 1.29 is 18.0 Å². The number of benzene rings is 1. The minimum absolute atomic E-state index is 0.0983. The Balaban J connectivity index is 1.73. The minimum atomic E-state index is -4.69. The van der Waals surface area contributed by atoms with Crippen LogP contribution in [-0.4, -0.2) is 27.0 Å². The summed E-state index contributed by atoms with van der Waals surface area (Å²) in [5.74, 6) is -0.732. The van der Waals surface area contributed by atoms with Crippen molar-refractivity contribution in [3.8, 4) is 0 Å². The number of hydrogen-bond donors (Lipinski definition) is 2. The maximum atomic E-state index is 13.3. The SMILES string of the molecule is O=C(N[C@@H](c1ccccn1)C(F)(F)F)c1cnc(Nc2ccccc2)nc1. The average molecular weight is 373 g/mol. The van der Waals surface area contributed by atoms with Crippen molar-refractivity contribution in [2.75, 3.05) is 5.32 Å². The number of hydrogen-bond acceptors (Lipinski definition) is 5. The number of carbonyl (C=O) groups is 1. The first kappa shape index (κ1) is 18.3. The lowest BCUT2D eigenvalue weighted by Gasteiger charge is -2.21. The molecule has 6 nitrogen and oxygen atoms in total. The summed E-state index contributed by atoms with van der Waals surface area (Å²) in [4.78, 5) is 23.8. The number of halogens is 3. The molecule has 0 fully saturated rings. The number of amides is 1. The van der Waals surface area contributed by atoms with Crippen LogP contribution < -0.4 is 10.6 Å². The van der Waals surface area contributed by atoms with Crippen molar-refractivity contribution in [1.29, 1.82) is 0 Å². The fourth-order valence-corrected chi connectivity index (χ4v) is 2.25. The van der Waals surface area contributed by atoms with Gasteiger partial charge < -0.3 is 10.6 Å². The van der Waals surface area contributed by atoms with Crippen LogP contribution in [0, 0.1) is 0 Å². The van der Waals surface area contributed by atoms with Crippen molar-refractivity contribution in [2.24, 2.45) is 0 Å². The zero-order chi connectivity index (χ0) is 19.3. The van der Waals surface area contributed by atoms with Crippen LogP contribution in [0.1, 0.15) is 22.1 Å². The summed E-state index contributed by atoms with van der Waals surface area (Å²) >= 11 is 0. The summed E-state index contributed by atoms with van der Waals surface area (Å²) < 4.78 is 39.9. The van der Waals surface area contributed by atoms with Crippen LogP contribution in [0.4, 0.5) is 24.8 Å². The van der Waals surface area contributed by atoms with Crippen molar-refractivity contribution in [3.63, 3.8) is 0 Å². The molecule has 0 aliphatic heterocycles. The largest absolute Gasteiger partial charge is 0.414 e. The molecule has 0 radical (unpaired) electrons. The number of anilines is 2. The summed E-state index contributed by atoms with van der Waals surface area (Å²) in [7, 11) is 0. The minimum Gasteiger partial charge on any atom is -0.335 e. The third-order valence-corrected chi connectivity index (χ3v) is 3.53. The molecule has 1 aromatic carbocycles. The number of nitrogens with zero attached hydrogens (tertiary/aromatic N) is 3. The Morgan fingerprint density at radius 2 is 1.59 bits per heavy atom. The standard InChI is InChI=1S/C18H14F3N5O/c19-18(20,21)15(14-8-4-5-9-22-14)26-16(27)12-10-23-17(24-11-12)25-13-6-2-1-3-7-13/h1-11,15H,(H,26,27)(H,23,24,25)/t15-/m0/s1. The molecule has 1 atom stereocenters. The zero-order valence-electron chi connectivity index (χ0n) is 13.8. The summed E-state index contributed by atoms with van der Waals surface area (Å²) in [5, 5.41) is 4.85. The first-order valence-corrected chi connectivity index (χ1v) is 7.86. The predicted octanol–water partition coefficient (Wildman–Crippen LogP) is 3.65. The van der Waals surface area contributed by atoms with Crippen LogP contribution in [0.2, 0.25) is 0 Å². The van der Waals surface area contributed by atoms with E-state index >= 15 is 0 Å². The van der Waals surface area contributed by atoms with E-state index in [2.05, 4.69) is 20.3 Å². The Morgan fingerprint density at radius 3 is 2.19 bits per heavy atom. The van der Waals surface area contributed by atoms with Gasteiger partial charge in [-0.15, -0.1) is 0 Å². The molecule has 0 bridgehead atoms. The maximum absolute atomic E-state index is 13.3. The molecular weight excluding hydrogens is 359 g/mol. The molecule has 0 aliphatic carbocycles. The van der Waals surface area contributed by atoms with Crippen LogP contribution in [0.5, 0.6) is 0 Å². The Hall–Kier alpha value is -3.49. The molecule has 2 heterocycles. The molecule has 9 heteroatoms. The molecule has 0 unspecified atom stereocenters. The van der Waals surface area contributed by atoms with Crippen LogP contribution in [-0.2, 0) is 0 Å². The lowest BCUT2D eigenvalue weighted by molar-refractivity contribution is -0.156. The van der Waals surface area contributed by atoms with Gasteiger partial charge in [-0.25, -0.2) is 9.97 Å². The molecular formula is C18H14F3N5O. The quantitative estimate of drug-likeness (QED) is 0.714. The molecule has 0 saturated carbocycles. The third-order valence-electron chi connectivity index (χ3n) is 3.53. The second-order valence-corrected chi connectivity index (χ2v) is 5.49. The first-order chi connectivity index (χ1) is 12.9. The van der Waals surface area contributed by atoms with E-state index in [9.17, 15) is 18.0 Å². The van der Waals surface area contributed by atoms with Crippen molar-refractivity contribution in [2.45, 2.75) is 12.2 Å².